The smallest absolute Gasteiger partial charge is 0.357 e. The number of anilines is 1. The molecule has 0 atom stereocenters. The van der Waals surface area contributed by atoms with E-state index in [1.165, 1.54) is 13.3 Å². The summed E-state index contributed by atoms with van der Waals surface area (Å²) in [5.41, 5.74) is 8.07. The zero-order valence-electron chi connectivity index (χ0n) is 11.0. The standard InChI is InChI=1S/C14H12BrN3O2/c1-8-10(15)4-3-5-11(8)18-7-9(6-16)12(17)13(18)14(19)20-2/h3-5,7H,17H2,1-2H3. The van der Waals surface area contributed by atoms with E-state index in [2.05, 4.69) is 15.9 Å². The van der Waals surface area contributed by atoms with E-state index in [-0.39, 0.29) is 16.9 Å². The number of carbonyl (C=O) groups is 1. The minimum absolute atomic E-state index is 0.124. The van der Waals surface area contributed by atoms with Gasteiger partial charge in [0.05, 0.1) is 18.4 Å². The predicted octanol–water partition coefficient (Wildman–Crippen LogP) is 2.79. The number of methoxy groups -OCH3 is 1. The molecule has 0 aliphatic heterocycles. The first-order chi connectivity index (χ1) is 9.51. The number of esters is 1. The lowest BCUT2D eigenvalue weighted by molar-refractivity contribution is 0.0593. The molecule has 0 amide bonds. The third-order valence-corrected chi connectivity index (χ3v) is 3.90. The van der Waals surface area contributed by atoms with Crippen LogP contribution in [0.5, 0.6) is 0 Å². The van der Waals surface area contributed by atoms with Crippen LogP contribution >= 0.6 is 15.9 Å². The number of nitrogen functional groups attached to an aromatic ring is 1. The van der Waals surface area contributed by atoms with Gasteiger partial charge in [0.15, 0.2) is 5.69 Å². The molecule has 2 N–H and O–H groups in total. The SMILES string of the molecule is COC(=O)c1c(N)c(C#N)cn1-c1cccc(Br)c1C. The van der Waals surface area contributed by atoms with Gasteiger partial charge in [-0.25, -0.2) is 4.79 Å². The van der Waals surface area contributed by atoms with Crippen LogP contribution in [0.1, 0.15) is 21.6 Å². The summed E-state index contributed by atoms with van der Waals surface area (Å²) in [7, 11) is 1.28. The third kappa shape index (κ3) is 2.17. The maximum absolute atomic E-state index is 11.9. The highest BCUT2D eigenvalue weighted by Gasteiger charge is 2.22. The number of hydrogen-bond donors (Lipinski definition) is 1. The van der Waals surface area contributed by atoms with Crippen molar-refractivity contribution in [3.63, 3.8) is 0 Å². The topological polar surface area (TPSA) is 81.0 Å². The normalized spacial score (nSPS) is 10.1. The van der Waals surface area contributed by atoms with Gasteiger partial charge in [-0.2, -0.15) is 5.26 Å². The highest BCUT2D eigenvalue weighted by atomic mass is 79.9. The quantitative estimate of drug-likeness (QED) is 0.857. The Balaban J connectivity index is 2.77. The van der Waals surface area contributed by atoms with E-state index in [1.807, 2.05) is 31.2 Å². The summed E-state index contributed by atoms with van der Waals surface area (Å²) in [6.07, 6.45) is 1.54. The molecular formula is C14H12BrN3O2. The average Bonchev–Trinajstić information content (AvgIpc) is 2.77. The molecule has 2 rings (SSSR count). The van der Waals surface area contributed by atoms with Crippen LogP contribution in [0.2, 0.25) is 0 Å². The molecule has 6 heteroatoms. The van der Waals surface area contributed by atoms with Gasteiger partial charge in [0.25, 0.3) is 0 Å². The second kappa shape index (κ2) is 5.39. The molecular weight excluding hydrogens is 322 g/mol. The Morgan fingerprint density at radius 2 is 2.20 bits per heavy atom. The second-order valence-corrected chi connectivity index (χ2v) is 5.02. The summed E-state index contributed by atoms with van der Waals surface area (Å²) in [6.45, 7) is 1.91. The number of ether oxygens (including phenoxy) is 1. The van der Waals surface area contributed by atoms with Crippen LogP contribution in [-0.2, 0) is 4.74 Å². The Bertz CT molecular complexity index is 729. The number of nitriles is 1. The van der Waals surface area contributed by atoms with Crippen molar-refractivity contribution in [3.8, 4) is 11.8 Å². The molecule has 20 heavy (non-hydrogen) atoms. The van der Waals surface area contributed by atoms with Crippen molar-refractivity contribution in [1.82, 2.24) is 4.57 Å². The van der Waals surface area contributed by atoms with E-state index in [0.717, 1.165) is 15.7 Å². The van der Waals surface area contributed by atoms with Crippen LogP contribution in [0.15, 0.2) is 28.9 Å². The highest BCUT2D eigenvalue weighted by molar-refractivity contribution is 9.10. The minimum Gasteiger partial charge on any atom is -0.464 e. The molecule has 0 radical (unpaired) electrons. The predicted molar refractivity (Wildman–Crippen MR) is 78.7 cm³/mol. The zero-order chi connectivity index (χ0) is 14.9. The summed E-state index contributed by atoms with van der Waals surface area (Å²) < 4.78 is 7.23. The van der Waals surface area contributed by atoms with Gasteiger partial charge in [-0.15, -0.1) is 0 Å². The molecule has 102 valence electrons. The summed E-state index contributed by atoms with van der Waals surface area (Å²) >= 11 is 3.44. The number of benzene rings is 1. The van der Waals surface area contributed by atoms with Crippen molar-refractivity contribution in [3.05, 3.63) is 45.7 Å². The van der Waals surface area contributed by atoms with Crippen molar-refractivity contribution in [2.24, 2.45) is 0 Å². The summed E-state index contributed by atoms with van der Waals surface area (Å²) in [6, 6.07) is 7.55. The molecule has 0 aliphatic rings. The molecule has 2 aromatic rings. The van der Waals surface area contributed by atoms with Gasteiger partial charge in [0.2, 0.25) is 0 Å². The first kappa shape index (κ1) is 14.2. The van der Waals surface area contributed by atoms with E-state index in [0.29, 0.717) is 0 Å². The Kier molecular flexibility index (Phi) is 3.81. The number of nitrogens with two attached hydrogens (primary N) is 1. The van der Waals surface area contributed by atoms with E-state index < -0.39 is 5.97 Å². The van der Waals surface area contributed by atoms with Gasteiger partial charge in [0.1, 0.15) is 6.07 Å². The van der Waals surface area contributed by atoms with E-state index in [9.17, 15) is 4.79 Å². The van der Waals surface area contributed by atoms with Crippen LogP contribution < -0.4 is 5.73 Å². The van der Waals surface area contributed by atoms with Crippen LogP contribution in [0, 0.1) is 18.3 Å². The monoisotopic (exact) mass is 333 g/mol. The van der Waals surface area contributed by atoms with Crippen molar-refractivity contribution in [2.75, 3.05) is 12.8 Å². The second-order valence-electron chi connectivity index (χ2n) is 4.16. The Labute approximate surface area is 124 Å². The van der Waals surface area contributed by atoms with Crippen molar-refractivity contribution < 1.29 is 9.53 Å². The molecule has 0 bridgehead atoms. The van der Waals surface area contributed by atoms with Gasteiger partial charge in [-0.05, 0) is 24.6 Å². The highest BCUT2D eigenvalue weighted by Crippen LogP contribution is 2.29. The maximum Gasteiger partial charge on any atom is 0.357 e. The van der Waals surface area contributed by atoms with Crippen molar-refractivity contribution in [1.29, 1.82) is 5.26 Å². The lowest BCUT2D eigenvalue weighted by Gasteiger charge is -2.12. The first-order valence-electron chi connectivity index (χ1n) is 5.76. The molecule has 0 saturated heterocycles. The maximum atomic E-state index is 11.9. The molecule has 0 aliphatic carbocycles. The third-order valence-electron chi connectivity index (χ3n) is 3.04. The fourth-order valence-corrected chi connectivity index (χ4v) is 2.32. The first-order valence-corrected chi connectivity index (χ1v) is 6.55. The molecule has 1 aromatic carbocycles. The lowest BCUT2D eigenvalue weighted by atomic mass is 10.2. The van der Waals surface area contributed by atoms with E-state index in [1.54, 1.807) is 4.57 Å². The summed E-state index contributed by atoms with van der Waals surface area (Å²) in [5.74, 6) is -0.580. The Hall–Kier alpha value is -2.26. The Morgan fingerprint density at radius 3 is 2.80 bits per heavy atom. The minimum atomic E-state index is -0.580. The number of aromatic nitrogens is 1. The number of halogens is 1. The van der Waals surface area contributed by atoms with E-state index >= 15 is 0 Å². The summed E-state index contributed by atoms with van der Waals surface area (Å²) in [4.78, 5) is 11.9. The van der Waals surface area contributed by atoms with Crippen LogP contribution in [-0.4, -0.2) is 17.6 Å². The van der Waals surface area contributed by atoms with Crippen LogP contribution in [0.3, 0.4) is 0 Å². The van der Waals surface area contributed by atoms with E-state index in [4.69, 9.17) is 15.7 Å². The largest absolute Gasteiger partial charge is 0.464 e. The van der Waals surface area contributed by atoms with Crippen molar-refractivity contribution in [2.45, 2.75) is 6.92 Å². The zero-order valence-corrected chi connectivity index (χ0v) is 12.6. The average molecular weight is 334 g/mol. The van der Waals surface area contributed by atoms with Gasteiger partial charge in [-0.1, -0.05) is 22.0 Å². The van der Waals surface area contributed by atoms with Gasteiger partial charge < -0.3 is 15.0 Å². The molecule has 5 nitrogen and oxygen atoms in total. The molecule has 0 spiro atoms. The van der Waals surface area contributed by atoms with Crippen molar-refractivity contribution >= 4 is 27.6 Å². The molecule has 1 aromatic heterocycles. The van der Waals surface area contributed by atoms with Crippen LogP contribution in [0.25, 0.3) is 5.69 Å². The number of hydrogen-bond acceptors (Lipinski definition) is 4. The molecule has 0 unspecified atom stereocenters. The molecule has 0 saturated carbocycles. The Morgan fingerprint density at radius 1 is 1.50 bits per heavy atom. The summed E-state index contributed by atoms with van der Waals surface area (Å²) in [5, 5.41) is 9.08. The number of nitrogens with zero attached hydrogens (tertiary/aromatic N) is 2. The molecule has 0 fully saturated rings. The number of rotatable bonds is 2. The van der Waals surface area contributed by atoms with Gasteiger partial charge in [0, 0.05) is 16.4 Å². The van der Waals surface area contributed by atoms with Gasteiger partial charge in [-0.3, -0.25) is 0 Å². The fourth-order valence-electron chi connectivity index (χ4n) is 1.96. The van der Waals surface area contributed by atoms with Crippen LogP contribution in [0.4, 0.5) is 5.69 Å². The lowest BCUT2D eigenvalue weighted by Crippen LogP contribution is -2.11. The van der Waals surface area contributed by atoms with Gasteiger partial charge >= 0.3 is 5.97 Å². The number of carbonyl (C=O) groups excluding carboxylic acids is 1. The molecule has 1 heterocycles. The fraction of sp³-hybridized carbons (Fsp3) is 0.143.